The van der Waals surface area contributed by atoms with Crippen LogP contribution in [0.3, 0.4) is 0 Å². The fraction of sp³-hybridized carbons (Fsp3) is 0.500. The van der Waals surface area contributed by atoms with Gasteiger partial charge in [-0.05, 0) is 31.0 Å². The molecule has 2 atom stereocenters. The zero-order valence-corrected chi connectivity index (χ0v) is 15.1. The largest absolute Gasteiger partial charge is 0.467 e. The highest BCUT2D eigenvalue weighted by molar-refractivity contribution is 5.90. The molecule has 0 heterocycles. The maximum Gasteiger partial charge on any atom is 0.328 e. The van der Waals surface area contributed by atoms with Gasteiger partial charge in [0.05, 0.1) is 13.5 Å². The second kappa shape index (κ2) is 10.5. The van der Waals surface area contributed by atoms with Crippen LogP contribution >= 0.6 is 0 Å². The molecule has 8 heteroatoms. The molecule has 26 heavy (non-hydrogen) atoms. The van der Waals surface area contributed by atoms with E-state index in [-0.39, 0.29) is 12.0 Å². The first-order chi connectivity index (χ1) is 12.3. The van der Waals surface area contributed by atoms with Gasteiger partial charge in [0.2, 0.25) is 11.8 Å². The Morgan fingerprint density at radius 2 is 1.73 bits per heavy atom. The third-order valence-electron chi connectivity index (χ3n) is 3.71. The molecule has 0 unspecified atom stereocenters. The fourth-order valence-electron chi connectivity index (χ4n) is 2.35. The van der Waals surface area contributed by atoms with Crippen LogP contribution in [0.4, 0.5) is 8.78 Å². The fourth-order valence-corrected chi connectivity index (χ4v) is 2.35. The summed E-state index contributed by atoms with van der Waals surface area (Å²) in [5.74, 6) is -3.23. The van der Waals surface area contributed by atoms with Gasteiger partial charge in [0, 0.05) is 6.07 Å². The molecule has 144 valence electrons. The van der Waals surface area contributed by atoms with E-state index in [0.29, 0.717) is 12.5 Å². The maximum atomic E-state index is 13.1. The molecular weight excluding hydrogens is 346 g/mol. The van der Waals surface area contributed by atoms with Gasteiger partial charge in [-0.25, -0.2) is 13.6 Å². The standard InChI is InChI=1S/C18H24F2N2O4/c1-4-5-6-15(18(25)26-3)22-17(24)11(2)21-16(23)9-12-7-13(19)10-14(20)8-12/h7-8,10-11,15H,4-6,9H2,1-3H3,(H,21,23)(H,22,24)/t11-,15-/m0/s1. The van der Waals surface area contributed by atoms with E-state index >= 15 is 0 Å². The number of halogens is 2. The summed E-state index contributed by atoms with van der Waals surface area (Å²) in [6, 6.07) is 1.09. The SMILES string of the molecule is CCCC[C@H](NC(=O)[C@H](C)NC(=O)Cc1cc(F)cc(F)c1)C(=O)OC. The van der Waals surface area contributed by atoms with Crippen molar-refractivity contribution in [2.24, 2.45) is 0 Å². The molecule has 0 bridgehead atoms. The number of rotatable bonds is 9. The molecule has 1 aromatic rings. The van der Waals surface area contributed by atoms with Gasteiger partial charge in [-0.1, -0.05) is 19.8 Å². The molecule has 0 aliphatic carbocycles. The van der Waals surface area contributed by atoms with Crippen molar-refractivity contribution < 1.29 is 27.9 Å². The molecule has 0 fully saturated rings. The van der Waals surface area contributed by atoms with E-state index in [4.69, 9.17) is 0 Å². The highest BCUT2D eigenvalue weighted by Crippen LogP contribution is 2.09. The van der Waals surface area contributed by atoms with Crippen LogP contribution in [0.1, 0.15) is 38.7 Å². The minimum absolute atomic E-state index is 0.156. The Morgan fingerprint density at radius 3 is 2.27 bits per heavy atom. The minimum Gasteiger partial charge on any atom is -0.467 e. The number of carbonyl (C=O) groups is 3. The van der Waals surface area contributed by atoms with E-state index in [0.717, 1.165) is 25.0 Å². The van der Waals surface area contributed by atoms with Crippen molar-refractivity contribution in [2.45, 2.75) is 51.6 Å². The molecule has 0 aliphatic rings. The van der Waals surface area contributed by atoms with E-state index < -0.39 is 41.5 Å². The van der Waals surface area contributed by atoms with Crippen LogP contribution in [-0.2, 0) is 25.5 Å². The third-order valence-corrected chi connectivity index (χ3v) is 3.71. The van der Waals surface area contributed by atoms with Crippen LogP contribution < -0.4 is 10.6 Å². The van der Waals surface area contributed by atoms with Gasteiger partial charge in [-0.15, -0.1) is 0 Å². The van der Waals surface area contributed by atoms with Crippen LogP contribution in [0.2, 0.25) is 0 Å². The average molecular weight is 370 g/mol. The van der Waals surface area contributed by atoms with Gasteiger partial charge in [0.1, 0.15) is 23.7 Å². The van der Waals surface area contributed by atoms with E-state index in [1.165, 1.54) is 14.0 Å². The van der Waals surface area contributed by atoms with Gasteiger partial charge >= 0.3 is 5.97 Å². The summed E-state index contributed by atoms with van der Waals surface area (Å²) in [6.45, 7) is 3.40. The van der Waals surface area contributed by atoms with Gasteiger partial charge in [-0.2, -0.15) is 0 Å². The summed E-state index contributed by atoms with van der Waals surface area (Å²) in [6.07, 6.45) is 1.73. The first-order valence-electron chi connectivity index (χ1n) is 8.39. The van der Waals surface area contributed by atoms with Gasteiger partial charge in [0.15, 0.2) is 0 Å². The molecule has 0 radical (unpaired) electrons. The van der Waals surface area contributed by atoms with Crippen molar-refractivity contribution in [3.63, 3.8) is 0 Å². The lowest BCUT2D eigenvalue weighted by molar-refractivity contribution is -0.145. The van der Waals surface area contributed by atoms with Crippen molar-refractivity contribution in [1.82, 2.24) is 10.6 Å². The molecule has 2 N–H and O–H groups in total. The third kappa shape index (κ3) is 7.16. The van der Waals surface area contributed by atoms with Crippen LogP contribution in [0.25, 0.3) is 0 Å². The maximum absolute atomic E-state index is 13.1. The van der Waals surface area contributed by atoms with Crippen LogP contribution in [0.5, 0.6) is 0 Å². The molecular formula is C18H24F2N2O4. The average Bonchev–Trinajstić information content (AvgIpc) is 2.56. The van der Waals surface area contributed by atoms with Crippen molar-refractivity contribution in [2.75, 3.05) is 7.11 Å². The molecule has 0 saturated heterocycles. The Bertz CT molecular complexity index is 632. The number of hydrogen-bond donors (Lipinski definition) is 2. The summed E-state index contributed by atoms with van der Waals surface area (Å²) in [5, 5.41) is 4.98. The normalized spacial score (nSPS) is 12.8. The number of nitrogens with one attached hydrogen (secondary N) is 2. The molecule has 1 aromatic carbocycles. The Kier molecular flexibility index (Phi) is 8.67. The highest BCUT2D eigenvalue weighted by atomic mass is 19.1. The Hall–Kier alpha value is -2.51. The predicted octanol–water partition coefficient (Wildman–Crippen LogP) is 1.86. The topological polar surface area (TPSA) is 84.5 Å². The second-order valence-electron chi connectivity index (χ2n) is 5.97. The predicted molar refractivity (Wildman–Crippen MR) is 91.1 cm³/mol. The molecule has 6 nitrogen and oxygen atoms in total. The van der Waals surface area contributed by atoms with Crippen molar-refractivity contribution in [3.8, 4) is 0 Å². The number of benzene rings is 1. The van der Waals surface area contributed by atoms with Crippen LogP contribution in [-0.4, -0.2) is 37.0 Å². The number of unbranched alkanes of at least 4 members (excludes halogenated alkanes) is 1. The Balaban J connectivity index is 2.61. The Labute approximate surface area is 151 Å². The summed E-state index contributed by atoms with van der Waals surface area (Å²) in [7, 11) is 1.23. The first kappa shape index (κ1) is 21.5. The van der Waals surface area contributed by atoms with Crippen molar-refractivity contribution >= 4 is 17.8 Å². The molecule has 0 aromatic heterocycles. The monoisotopic (exact) mass is 370 g/mol. The number of carbonyl (C=O) groups excluding carboxylic acids is 3. The summed E-state index contributed by atoms with van der Waals surface area (Å²) in [5.41, 5.74) is 0.156. The quantitative estimate of drug-likeness (QED) is 0.650. The number of ether oxygens (including phenoxy) is 1. The lowest BCUT2D eigenvalue weighted by Gasteiger charge is -2.19. The van der Waals surface area contributed by atoms with Crippen LogP contribution in [0, 0.1) is 11.6 Å². The number of methoxy groups -OCH3 is 1. The highest BCUT2D eigenvalue weighted by Gasteiger charge is 2.24. The molecule has 0 spiro atoms. The lowest BCUT2D eigenvalue weighted by Crippen LogP contribution is -2.50. The number of hydrogen-bond acceptors (Lipinski definition) is 4. The summed E-state index contributed by atoms with van der Waals surface area (Å²) < 4.78 is 30.9. The zero-order chi connectivity index (χ0) is 19.7. The van der Waals surface area contributed by atoms with E-state index in [1.54, 1.807) is 0 Å². The van der Waals surface area contributed by atoms with Gasteiger partial charge < -0.3 is 15.4 Å². The Morgan fingerprint density at radius 1 is 1.12 bits per heavy atom. The summed E-state index contributed by atoms with van der Waals surface area (Å²) in [4.78, 5) is 35.9. The van der Waals surface area contributed by atoms with E-state index in [2.05, 4.69) is 15.4 Å². The van der Waals surface area contributed by atoms with E-state index in [9.17, 15) is 23.2 Å². The van der Waals surface area contributed by atoms with E-state index in [1.807, 2.05) is 6.92 Å². The zero-order valence-electron chi connectivity index (χ0n) is 15.1. The smallest absolute Gasteiger partial charge is 0.328 e. The lowest BCUT2D eigenvalue weighted by atomic mass is 10.1. The van der Waals surface area contributed by atoms with Gasteiger partial charge in [-0.3, -0.25) is 9.59 Å². The van der Waals surface area contributed by atoms with Crippen molar-refractivity contribution in [3.05, 3.63) is 35.4 Å². The second-order valence-corrected chi connectivity index (χ2v) is 5.97. The molecule has 1 rings (SSSR count). The van der Waals surface area contributed by atoms with Crippen LogP contribution in [0.15, 0.2) is 18.2 Å². The first-order valence-corrected chi connectivity index (χ1v) is 8.39. The summed E-state index contributed by atoms with van der Waals surface area (Å²) >= 11 is 0. The minimum atomic E-state index is -0.922. The number of esters is 1. The molecule has 0 aliphatic heterocycles. The van der Waals surface area contributed by atoms with Gasteiger partial charge in [0.25, 0.3) is 0 Å². The van der Waals surface area contributed by atoms with Crippen molar-refractivity contribution in [1.29, 1.82) is 0 Å². The molecule has 2 amide bonds. The molecule has 0 saturated carbocycles. The number of amides is 2.